The summed E-state index contributed by atoms with van der Waals surface area (Å²) in [5.41, 5.74) is 0.932. The summed E-state index contributed by atoms with van der Waals surface area (Å²) in [5.74, 6) is 1.66. The molecule has 0 amide bonds. The highest BCUT2D eigenvalue weighted by Crippen LogP contribution is 2.14. The van der Waals surface area contributed by atoms with Gasteiger partial charge in [-0.05, 0) is 41.7 Å². The molecule has 0 bridgehead atoms. The Morgan fingerprint density at radius 1 is 1.29 bits per heavy atom. The number of hydrogen-bond donors (Lipinski definition) is 1. The highest BCUT2D eigenvalue weighted by molar-refractivity contribution is 5.36. The second-order valence-corrected chi connectivity index (χ2v) is 3.56. The van der Waals surface area contributed by atoms with Gasteiger partial charge in [-0.3, -0.25) is 0 Å². The Labute approximate surface area is 99.6 Å². The molecule has 2 rings (SSSR count). The summed E-state index contributed by atoms with van der Waals surface area (Å²) in [4.78, 5) is 0. The van der Waals surface area contributed by atoms with Crippen molar-refractivity contribution >= 4 is 0 Å². The third-order valence-corrected chi connectivity index (χ3v) is 2.45. The Hall–Kier alpha value is -1.95. The van der Waals surface area contributed by atoms with Crippen LogP contribution in [0, 0.1) is 0 Å². The van der Waals surface area contributed by atoms with Crippen LogP contribution in [0.2, 0.25) is 0 Å². The van der Waals surface area contributed by atoms with Crippen molar-refractivity contribution < 1.29 is 4.74 Å². The molecule has 0 spiro atoms. The summed E-state index contributed by atoms with van der Waals surface area (Å²) in [7, 11) is 3.55. The van der Waals surface area contributed by atoms with Crippen molar-refractivity contribution in [1.82, 2.24) is 25.5 Å². The van der Waals surface area contributed by atoms with Crippen LogP contribution < -0.4 is 10.1 Å². The van der Waals surface area contributed by atoms with Crippen molar-refractivity contribution in [3.63, 3.8) is 0 Å². The fourth-order valence-corrected chi connectivity index (χ4v) is 1.52. The molecule has 1 N–H and O–H groups in total. The molecule has 1 aromatic heterocycles. The van der Waals surface area contributed by atoms with Gasteiger partial charge in [0.05, 0.1) is 12.8 Å². The van der Waals surface area contributed by atoms with Crippen LogP contribution in [0.25, 0.3) is 5.69 Å². The summed E-state index contributed by atoms with van der Waals surface area (Å²) in [5, 5.41) is 14.8. The Bertz CT molecular complexity index is 465. The first kappa shape index (κ1) is 11.5. The SMILES string of the molecule is CNCCc1nnnn1-c1ccc(OC)cc1. The fourth-order valence-electron chi connectivity index (χ4n) is 1.52. The molecule has 0 saturated heterocycles. The molecule has 0 unspecified atom stereocenters. The number of rotatable bonds is 5. The quantitative estimate of drug-likeness (QED) is 0.811. The van der Waals surface area contributed by atoms with E-state index >= 15 is 0 Å². The zero-order valence-electron chi connectivity index (χ0n) is 9.92. The normalized spacial score (nSPS) is 10.5. The van der Waals surface area contributed by atoms with E-state index in [-0.39, 0.29) is 0 Å². The average molecular weight is 233 g/mol. The van der Waals surface area contributed by atoms with Crippen LogP contribution in [-0.4, -0.2) is 40.9 Å². The van der Waals surface area contributed by atoms with Gasteiger partial charge in [-0.25, -0.2) is 0 Å². The van der Waals surface area contributed by atoms with Crippen LogP contribution in [0.1, 0.15) is 5.82 Å². The minimum atomic E-state index is 0.787. The number of aromatic nitrogens is 4. The van der Waals surface area contributed by atoms with E-state index in [1.165, 1.54) is 0 Å². The zero-order chi connectivity index (χ0) is 12.1. The molecule has 0 fully saturated rings. The minimum Gasteiger partial charge on any atom is -0.497 e. The smallest absolute Gasteiger partial charge is 0.157 e. The molecular formula is C11H15N5O. The van der Waals surface area contributed by atoms with Gasteiger partial charge >= 0.3 is 0 Å². The summed E-state index contributed by atoms with van der Waals surface area (Å²) >= 11 is 0. The molecule has 0 radical (unpaired) electrons. The van der Waals surface area contributed by atoms with Crippen molar-refractivity contribution in [2.45, 2.75) is 6.42 Å². The lowest BCUT2D eigenvalue weighted by Crippen LogP contribution is -2.14. The number of likely N-dealkylation sites (N-methyl/N-ethyl adjacent to an activating group) is 1. The number of tetrazole rings is 1. The van der Waals surface area contributed by atoms with E-state index < -0.39 is 0 Å². The lowest BCUT2D eigenvalue weighted by molar-refractivity contribution is 0.414. The predicted molar refractivity (Wildman–Crippen MR) is 63.3 cm³/mol. The maximum atomic E-state index is 5.11. The first-order chi connectivity index (χ1) is 8.35. The van der Waals surface area contributed by atoms with E-state index in [1.54, 1.807) is 11.8 Å². The van der Waals surface area contributed by atoms with Crippen molar-refractivity contribution in [2.24, 2.45) is 0 Å². The molecule has 1 heterocycles. The molecule has 0 aliphatic carbocycles. The van der Waals surface area contributed by atoms with Crippen LogP contribution in [0.4, 0.5) is 0 Å². The van der Waals surface area contributed by atoms with E-state index in [4.69, 9.17) is 4.74 Å². The molecule has 0 atom stereocenters. The molecule has 17 heavy (non-hydrogen) atoms. The van der Waals surface area contributed by atoms with Crippen LogP contribution in [0.5, 0.6) is 5.75 Å². The lowest BCUT2D eigenvalue weighted by Gasteiger charge is -2.05. The van der Waals surface area contributed by atoms with Gasteiger partial charge in [0, 0.05) is 13.0 Å². The van der Waals surface area contributed by atoms with E-state index in [2.05, 4.69) is 20.8 Å². The Morgan fingerprint density at radius 2 is 2.06 bits per heavy atom. The molecule has 90 valence electrons. The van der Waals surface area contributed by atoms with Crippen molar-refractivity contribution in [3.05, 3.63) is 30.1 Å². The van der Waals surface area contributed by atoms with Gasteiger partial charge in [0.15, 0.2) is 5.82 Å². The van der Waals surface area contributed by atoms with Gasteiger partial charge in [0.2, 0.25) is 0 Å². The van der Waals surface area contributed by atoms with Crippen molar-refractivity contribution in [1.29, 1.82) is 0 Å². The van der Waals surface area contributed by atoms with E-state index in [1.807, 2.05) is 31.3 Å². The zero-order valence-corrected chi connectivity index (χ0v) is 9.92. The molecule has 2 aromatic rings. The standard InChI is InChI=1S/C11H15N5O/c1-12-8-7-11-13-14-15-16(11)9-3-5-10(17-2)6-4-9/h3-6,12H,7-8H2,1-2H3. The largest absolute Gasteiger partial charge is 0.497 e. The molecule has 6 heteroatoms. The first-order valence-corrected chi connectivity index (χ1v) is 5.41. The van der Waals surface area contributed by atoms with E-state index in [9.17, 15) is 0 Å². The van der Waals surface area contributed by atoms with E-state index in [0.29, 0.717) is 0 Å². The highest BCUT2D eigenvalue weighted by atomic mass is 16.5. The highest BCUT2D eigenvalue weighted by Gasteiger charge is 2.07. The number of ether oxygens (including phenoxy) is 1. The van der Waals surface area contributed by atoms with Crippen LogP contribution in [0.15, 0.2) is 24.3 Å². The average Bonchev–Trinajstić information content (AvgIpc) is 2.84. The van der Waals surface area contributed by atoms with Crippen LogP contribution in [-0.2, 0) is 6.42 Å². The van der Waals surface area contributed by atoms with E-state index in [0.717, 1.165) is 30.2 Å². The maximum absolute atomic E-state index is 5.11. The molecule has 0 aliphatic rings. The minimum absolute atomic E-state index is 0.787. The summed E-state index contributed by atoms with van der Waals surface area (Å²) in [6.07, 6.45) is 0.787. The number of nitrogens with one attached hydrogen (secondary N) is 1. The predicted octanol–water partition coefficient (Wildman–Crippen LogP) is 0.433. The molecule has 1 aromatic carbocycles. The monoisotopic (exact) mass is 233 g/mol. The summed E-state index contributed by atoms with van der Waals surface area (Å²) in [6, 6.07) is 7.63. The maximum Gasteiger partial charge on any atom is 0.157 e. The summed E-state index contributed by atoms with van der Waals surface area (Å²) in [6.45, 7) is 0.844. The van der Waals surface area contributed by atoms with Crippen molar-refractivity contribution in [3.8, 4) is 11.4 Å². The number of nitrogens with zero attached hydrogens (tertiary/aromatic N) is 4. The van der Waals surface area contributed by atoms with Gasteiger partial charge in [0.1, 0.15) is 5.75 Å². The molecule has 0 aliphatic heterocycles. The molecular weight excluding hydrogens is 218 g/mol. The molecule has 6 nitrogen and oxygen atoms in total. The Balaban J connectivity index is 2.23. The van der Waals surface area contributed by atoms with Crippen molar-refractivity contribution in [2.75, 3.05) is 20.7 Å². The van der Waals surface area contributed by atoms with Crippen LogP contribution >= 0.6 is 0 Å². The second kappa shape index (κ2) is 5.40. The van der Waals surface area contributed by atoms with Crippen LogP contribution in [0.3, 0.4) is 0 Å². The summed E-state index contributed by atoms with van der Waals surface area (Å²) < 4.78 is 6.84. The Morgan fingerprint density at radius 3 is 2.71 bits per heavy atom. The third kappa shape index (κ3) is 2.59. The fraction of sp³-hybridized carbons (Fsp3) is 0.364. The topological polar surface area (TPSA) is 64.9 Å². The third-order valence-electron chi connectivity index (χ3n) is 2.45. The number of benzene rings is 1. The lowest BCUT2D eigenvalue weighted by atomic mass is 10.3. The first-order valence-electron chi connectivity index (χ1n) is 5.41. The molecule has 0 saturated carbocycles. The van der Waals surface area contributed by atoms with Gasteiger partial charge < -0.3 is 10.1 Å². The Kier molecular flexibility index (Phi) is 3.66. The number of methoxy groups -OCH3 is 1. The van der Waals surface area contributed by atoms with Gasteiger partial charge in [-0.15, -0.1) is 5.10 Å². The second-order valence-electron chi connectivity index (χ2n) is 3.56. The number of hydrogen-bond acceptors (Lipinski definition) is 5. The van der Waals surface area contributed by atoms with Gasteiger partial charge in [0.25, 0.3) is 0 Å². The van der Waals surface area contributed by atoms with Gasteiger partial charge in [-0.1, -0.05) is 0 Å². The van der Waals surface area contributed by atoms with Gasteiger partial charge in [-0.2, -0.15) is 4.68 Å².